The molecule has 1 amide bonds. The van der Waals surface area contributed by atoms with E-state index in [0.717, 1.165) is 24.6 Å². The Morgan fingerprint density at radius 2 is 1.58 bits per heavy atom. The highest BCUT2D eigenvalue weighted by Gasteiger charge is 2.26. The van der Waals surface area contributed by atoms with Crippen LogP contribution in [0.2, 0.25) is 0 Å². The van der Waals surface area contributed by atoms with Crippen LogP contribution < -0.4 is 29.7 Å². The van der Waals surface area contributed by atoms with E-state index in [1.54, 1.807) is 50.6 Å². The summed E-state index contributed by atoms with van der Waals surface area (Å²) in [6, 6.07) is 15.2. The molecule has 0 fully saturated rings. The van der Waals surface area contributed by atoms with Crippen molar-refractivity contribution in [2.24, 2.45) is 0 Å². The minimum atomic E-state index is -0.633. The molecule has 0 radical (unpaired) electrons. The molecule has 0 saturated carbocycles. The van der Waals surface area contributed by atoms with E-state index in [4.69, 9.17) is 23.4 Å². The van der Waals surface area contributed by atoms with E-state index in [2.05, 4.69) is 25.6 Å². The standard InChI is InChI=1S/C32H32N6O7/c1-18(37-11-10-19-12-26(41-2)27(42-3)13-20(19)17-37)38-35-31(34-36-38)22-14-28(43-4)29(44-5)15-23(22)33-32(40)30-16-24(39)21-8-6-7-9-25(21)45-30/h6-9,12-16,18H,10-11,17H2,1-5H3,(H,33,40). The summed E-state index contributed by atoms with van der Waals surface area (Å²) in [4.78, 5) is 29.8. The van der Waals surface area contributed by atoms with Gasteiger partial charge in [-0.15, -0.1) is 15.0 Å². The van der Waals surface area contributed by atoms with Crippen LogP contribution in [0.15, 0.2) is 63.8 Å². The number of tetrazole rings is 1. The normalized spacial score (nSPS) is 13.6. The second-order valence-electron chi connectivity index (χ2n) is 10.4. The second-order valence-corrected chi connectivity index (χ2v) is 10.4. The lowest BCUT2D eigenvalue weighted by atomic mass is 9.98. The van der Waals surface area contributed by atoms with Crippen molar-refractivity contribution in [2.45, 2.75) is 26.1 Å². The van der Waals surface area contributed by atoms with Crippen LogP contribution in [-0.4, -0.2) is 66.0 Å². The third kappa shape index (κ3) is 5.65. The van der Waals surface area contributed by atoms with E-state index >= 15 is 0 Å². The number of ether oxygens (including phenoxy) is 4. The number of nitrogens with one attached hydrogen (secondary N) is 1. The molecule has 0 saturated heterocycles. The van der Waals surface area contributed by atoms with Gasteiger partial charge in [-0.1, -0.05) is 12.1 Å². The number of rotatable bonds is 9. The van der Waals surface area contributed by atoms with Gasteiger partial charge in [0.2, 0.25) is 5.82 Å². The van der Waals surface area contributed by atoms with Gasteiger partial charge in [0, 0.05) is 25.2 Å². The average Bonchev–Trinajstić information content (AvgIpc) is 3.57. The zero-order valence-electron chi connectivity index (χ0n) is 25.5. The molecule has 0 aliphatic carbocycles. The summed E-state index contributed by atoms with van der Waals surface area (Å²) >= 11 is 0. The highest BCUT2D eigenvalue weighted by Crippen LogP contribution is 2.38. The summed E-state index contributed by atoms with van der Waals surface area (Å²) < 4.78 is 27.7. The first kappa shape index (κ1) is 29.6. The number of nitrogens with zero attached hydrogens (tertiary/aromatic N) is 5. The fourth-order valence-electron chi connectivity index (χ4n) is 5.43. The van der Waals surface area contributed by atoms with Crippen LogP contribution in [0.25, 0.3) is 22.4 Å². The Balaban J connectivity index is 1.30. The molecule has 0 spiro atoms. The molecule has 6 rings (SSSR count). The van der Waals surface area contributed by atoms with Crippen LogP contribution in [0.4, 0.5) is 5.69 Å². The van der Waals surface area contributed by atoms with E-state index in [-0.39, 0.29) is 23.2 Å². The molecule has 1 N–H and O–H groups in total. The molecular formula is C32H32N6O7. The number of anilines is 1. The molecule has 1 unspecified atom stereocenters. The second kappa shape index (κ2) is 12.3. The predicted molar refractivity (Wildman–Crippen MR) is 165 cm³/mol. The Labute approximate surface area is 258 Å². The first-order valence-electron chi connectivity index (χ1n) is 14.2. The lowest BCUT2D eigenvalue weighted by Gasteiger charge is -2.33. The lowest BCUT2D eigenvalue weighted by Crippen LogP contribution is -2.36. The van der Waals surface area contributed by atoms with E-state index in [0.29, 0.717) is 51.8 Å². The topological polar surface area (TPSA) is 143 Å². The van der Waals surface area contributed by atoms with E-state index in [1.807, 2.05) is 19.1 Å². The number of hydrogen-bond donors (Lipinski definition) is 1. The minimum Gasteiger partial charge on any atom is -0.493 e. The third-order valence-corrected chi connectivity index (χ3v) is 7.91. The monoisotopic (exact) mass is 612 g/mol. The Bertz CT molecular complexity index is 1950. The van der Waals surface area contributed by atoms with Gasteiger partial charge < -0.3 is 28.7 Å². The Morgan fingerprint density at radius 3 is 2.31 bits per heavy atom. The summed E-state index contributed by atoms with van der Waals surface area (Å²) in [5.74, 6) is 1.64. The number of carbonyl (C=O) groups is 1. The fourth-order valence-corrected chi connectivity index (χ4v) is 5.43. The van der Waals surface area contributed by atoms with Crippen LogP contribution in [0, 0.1) is 0 Å². The maximum Gasteiger partial charge on any atom is 0.291 e. The fraction of sp³-hybridized carbons (Fsp3) is 0.281. The van der Waals surface area contributed by atoms with Crippen LogP contribution in [-0.2, 0) is 13.0 Å². The van der Waals surface area contributed by atoms with Crippen LogP contribution in [0.5, 0.6) is 23.0 Å². The first-order chi connectivity index (χ1) is 21.8. The number of amides is 1. The van der Waals surface area contributed by atoms with Gasteiger partial charge in [0.05, 0.1) is 45.1 Å². The molecule has 3 aromatic carbocycles. The summed E-state index contributed by atoms with van der Waals surface area (Å²) in [6.07, 6.45) is 0.579. The van der Waals surface area contributed by atoms with E-state index in [1.165, 1.54) is 24.6 Å². The SMILES string of the molecule is COc1cc2c(cc1OC)CN(C(C)n1nnc(-c3cc(OC)c(OC)cc3NC(=O)c3cc(=O)c4ccccc4o3)n1)CC2. The molecule has 13 heteroatoms. The Kier molecular flexibility index (Phi) is 8.09. The third-order valence-electron chi connectivity index (χ3n) is 7.91. The van der Waals surface area contributed by atoms with Crippen molar-refractivity contribution in [1.29, 1.82) is 0 Å². The molecule has 232 valence electrons. The van der Waals surface area contributed by atoms with Crippen molar-refractivity contribution in [3.63, 3.8) is 0 Å². The molecule has 1 atom stereocenters. The van der Waals surface area contributed by atoms with Crippen LogP contribution >= 0.6 is 0 Å². The molecule has 0 bridgehead atoms. The van der Waals surface area contributed by atoms with Gasteiger partial charge in [-0.2, -0.15) is 0 Å². The number of benzene rings is 3. The van der Waals surface area contributed by atoms with Crippen molar-refractivity contribution in [2.75, 3.05) is 40.3 Å². The Morgan fingerprint density at radius 1 is 0.911 bits per heavy atom. The molecule has 45 heavy (non-hydrogen) atoms. The van der Waals surface area contributed by atoms with Gasteiger partial charge in [0.15, 0.2) is 34.2 Å². The van der Waals surface area contributed by atoms with Gasteiger partial charge in [0.25, 0.3) is 5.91 Å². The predicted octanol–water partition coefficient (Wildman–Crippen LogP) is 4.31. The Hall–Kier alpha value is -5.43. The number of carbonyl (C=O) groups excluding carboxylic acids is 1. The van der Waals surface area contributed by atoms with Crippen LogP contribution in [0.3, 0.4) is 0 Å². The average molecular weight is 613 g/mol. The molecular weight excluding hydrogens is 580 g/mol. The van der Waals surface area contributed by atoms with Gasteiger partial charge in [-0.25, -0.2) is 0 Å². The summed E-state index contributed by atoms with van der Waals surface area (Å²) in [7, 11) is 6.25. The van der Waals surface area contributed by atoms with Crippen molar-refractivity contribution in [1.82, 2.24) is 25.1 Å². The highest BCUT2D eigenvalue weighted by molar-refractivity contribution is 6.05. The minimum absolute atomic E-state index is 0.149. The zero-order valence-corrected chi connectivity index (χ0v) is 25.5. The van der Waals surface area contributed by atoms with Crippen molar-refractivity contribution in [3.05, 3.63) is 81.7 Å². The van der Waals surface area contributed by atoms with Gasteiger partial charge in [-0.05, 0) is 60.0 Å². The molecule has 13 nitrogen and oxygen atoms in total. The highest BCUT2D eigenvalue weighted by atomic mass is 16.5. The summed E-state index contributed by atoms with van der Waals surface area (Å²) in [5, 5.41) is 16.6. The molecule has 5 aromatic rings. The summed E-state index contributed by atoms with van der Waals surface area (Å²) in [6.45, 7) is 3.42. The van der Waals surface area contributed by atoms with Gasteiger partial charge in [-0.3, -0.25) is 14.5 Å². The maximum absolute atomic E-state index is 13.4. The molecule has 1 aliphatic heterocycles. The zero-order chi connectivity index (χ0) is 31.7. The summed E-state index contributed by atoms with van der Waals surface area (Å²) in [5.41, 5.74) is 3.06. The van der Waals surface area contributed by atoms with Gasteiger partial charge >= 0.3 is 0 Å². The number of fused-ring (bicyclic) bond motifs is 2. The largest absolute Gasteiger partial charge is 0.493 e. The van der Waals surface area contributed by atoms with E-state index in [9.17, 15) is 9.59 Å². The smallest absolute Gasteiger partial charge is 0.291 e. The van der Waals surface area contributed by atoms with E-state index < -0.39 is 5.91 Å². The number of hydrogen-bond acceptors (Lipinski definition) is 11. The first-order valence-corrected chi connectivity index (χ1v) is 14.2. The van der Waals surface area contributed by atoms with Crippen molar-refractivity contribution >= 4 is 22.6 Å². The number of aromatic nitrogens is 4. The molecule has 1 aliphatic rings. The maximum atomic E-state index is 13.4. The lowest BCUT2D eigenvalue weighted by molar-refractivity contribution is 0.0997. The number of para-hydroxylation sites is 1. The van der Waals surface area contributed by atoms with Crippen LogP contribution in [0.1, 0.15) is 34.8 Å². The molecule has 3 heterocycles. The van der Waals surface area contributed by atoms with Crippen molar-refractivity contribution in [3.8, 4) is 34.4 Å². The number of methoxy groups -OCH3 is 4. The van der Waals surface area contributed by atoms with Gasteiger partial charge in [0.1, 0.15) is 11.7 Å². The molecule has 2 aromatic heterocycles. The quantitative estimate of drug-likeness (QED) is 0.254. The van der Waals surface area contributed by atoms with Crippen molar-refractivity contribution < 1.29 is 28.2 Å².